The largest absolute Gasteiger partial charge is 0.370 e. The Bertz CT molecular complexity index is 461. The molecular formula is C16H26ClN3O. The van der Waals surface area contributed by atoms with E-state index in [-0.39, 0.29) is 5.91 Å². The molecule has 4 nitrogen and oxygen atoms in total. The Balaban J connectivity index is 2.95. The van der Waals surface area contributed by atoms with Crippen LogP contribution in [0, 0.1) is 5.92 Å². The van der Waals surface area contributed by atoms with E-state index >= 15 is 0 Å². The fourth-order valence-electron chi connectivity index (χ4n) is 2.26. The number of anilines is 1. The van der Waals surface area contributed by atoms with Gasteiger partial charge in [-0.25, -0.2) is 4.98 Å². The van der Waals surface area contributed by atoms with E-state index < -0.39 is 0 Å². The minimum atomic E-state index is -0.0176. The van der Waals surface area contributed by atoms with Gasteiger partial charge in [-0.3, -0.25) is 4.79 Å². The highest BCUT2D eigenvalue weighted by Gasteiger charge is 2.20. The molecule has 0 unspecified atom stereocenters. The first-order chi connectivity index (χ1) is 10.1. The third kappa shape index (κ3) is 4.88. The van der Waals surface area contributed by atoms with Crippen molar-refractivity contribution in [3.05, 3.63) is 22.8 Å². The molecule has 0 radical (unpaired) electrons. The monoisotopic (exact) mass is 311 g/mol. The molecule has 0 saturated carbocycles. The minimum Gasteiger partial charge on any atom is -0.370 e. The number of amides is 1. The van der Waals surface area contributed by atoms with Gasteiger partial charge in [0.05, 0.1) is 10.6 Å². The summed E-state index contributed by atoms with van der Waals surface area (Å²) in [5.74, 6) is 1.20. The number of halogens is 1. The molecule has 1 aromatic heterocycles. The van der Waals surface area contributed by atoms with Crippen molar-refractivity contribution in [3.63, 3.8) is 0 Å². The molecular weight excluding hydrogens is 286 g/mol. The van der Waals surface area contributed by atoms with Crippen molar-refractivity contribution < 1.29 is 4.79 Å². The highest BCUT2D eigenvalue weighted by Crippen LogP contribution is 2.21. The zero-order valence-electron chi connectivity index (χ0n) is 13.4. The van der Waals surface area contributed by atoms with Crippen LogP contribution in [0.2, 0.25) is 5.02 Å². The van der Waals surface area contributed by atoms with Crippen LogP contribution < -0.4 is 5.32 Å². The molecule has 0 aliphatic carbocycles. The summed E-state index contributed by atoms with van der Waals surface area (Å²) in [6.45, 7) is 10.5. The van der Waals surface area contributed by atoms with E-state index in [1.807, 2.05) is 18.7 Å². The lowest BCUT2D eigenvalue weighted by Crippen LogP contribution is -2.35. The summed E-state index contributed by atoms with van der Waals surface area (Å²) in [6, 6.07) is 1.74. The summed E-state index contributed by atoms with van der Waals surface area (Å²) in [5.41, 5.74) is 0.524. The van der Waals surface area contributed by atoms with E-state index in [9.17, 15) is 4.79 Å². The van der Waals surface area contributed by atoms with Gasteiger partial charge in [-0.05, 0) is 25.8 Å². The summed E-state index contributed by atoms with van der Waals surface area (Å²) >= 11 is 6.16. The van der Waals surface area contributed by atoms with Gasteiger partial charge in [0.15, 0.2) is 0 Å². The number of carbonyl (C=O) groups is 1. The number of nitrogens with one attached hydrogen (secondary N) is 1. The first kappa shape index (κ1) is 17.8. The van der Waals surface area contributed by atoms with Crippen LogP contribution in [-0.2, 0) is 0 Å². The van der Waals surface area contributed by atoms with Crippen LogP contribution in [0.4, 0.5) is 5.82 Å². The molecule has 1 N–H and O–H groups in total. The fraction of sp³-hybridized carbons (Fsp3) is 0.625. The van der Waals surface area contributed by atoms with Crippen LogP contribution in [0.3, 0.4) is 0 Å². The van der Waals surface area contributed by atoms with Crippen molar-refractivity contribution >= 4 is 23.3 Å². The zero-order chi connectivity index (χ0) is 15.8. The average molecular weight is 312 g/mol. The number of rotatable bonds is 8. The zero-order valence-corrected chi connectivity index (χ0v) is 14.2. The average Bonchev–Trinajstić information content (AvgIpc) is 2.50. The second-order valence-corrected chi connectivity index (χ2v) is 5.51. The summed E-state index contributed by atoms with van der Waals surface area (Å²) in [5, 5.41) is 3.52. The van der Waals surface area contributed by atoms with Crippen molar-refractivity contribution in [2.24, 2.45) is 5.92 Å². The summed E-state index contributed by atoms with van der Waals surface area (Å²) in [7, 11) is 0. The normalized spacial score (nSPS) is 10.8. The lowest BCUT2D eigenvalue weighted by Gasteiger charge is -2.26. The quantitative estimate of drug-likeness (QED) is 0.787. The Kier molecular flexibility index (Phi) is 7.51. The molecule has 0 bridgehead atoms. The van der Waals surface area contributed by atoms with Crippen molar-refractivity contribution in [1.82, 2.24) is 9.88 Å². The van der Waals surface area contributed by atoms with Crippen LogP contribution in [-0.4, -0.2) is 35.4 Å². The number of nitrogens with zero attached hydrogens (tertiary/aromatic N) is 2. The molecule has 0 aromatic carbocycles. The SMILES string of the molecule is CCNc1cc(C(=O)N(CC)CC(CC)CC)c(Cl)cn1. The van der Waals surface area contributed by atoms with Crippen LogP contribution in [0.1, 0.15) is 50.9 Å². The molecule has 1 rings (SSSR count). The minimum absolute atomic E-state index is 0.0176. The predicted molar refractivity (Wildman–Crippen MR) is 89.1 cm³/mol. The second kappa shape index (κ2) is 8.88. The maximum absolute atomic E-state index is 12.7. The first-order valence-corrected chi connectivity index (χ1v) is 8.13. The van der Waals surface area contributed by atoms with E-state index in [4.69, 9.17) is 11.6 Å². The summed E-state index contributed by atoms with van der Waals surface area (Å²) in [4.78, 5) is 18.8. The van der Waals surface area contributed by atoms with E-state index in [1.54, 1.807) is 6.07 Å². The molecule has 0 spiro atoms. The lowest BCUT2D eigenvalue weighted by molar-refractivity contribution is 0.0735. The number of carbonyl (C=O) groups excluding carboxylic acids is 1. The van der Waals surface area contributed by atoms with E-state index in [0.717, 1.165) is 25.9 Å². The lowest BCUT2D eigenvalue weighted by atomic mass is 10.0. The third-order valence-corrected chi connectivity index (χ3v) is 4.05. The molecule has 1 aromatic rings. The van der Waals surface area contributed by atoms with E-state index in [0.29, 0.717) is 28.9 Å². The Hall–Kier alpha value is -1.29. The van der Waals surface area contributed by atoms with Gasteiger partial charge in [-0.15, -0.1) is 0 Å². The number of hydrogen-bond donors (Lipinski definition) is 1. The highest BCUT2D eigenvalue weighted by atomic mass is 35.5. The Morgan fingerprint density at radius 1 is 1.33 bits per heavy atom. The molecule has 1 heterocycles. The van der Waals surface area contributed by atoms with Crippen molar-refractivity contribution in [2.45, 2.75) is 40.5 Å². The fourth-order valence-corrected chi connectivity index (χ4v) is 2.45. The summed E-state index contributed by atoms with van der Waals surface area (Å²) in [6.07, 6.45) is 3.69. The van der Waals surface area contributed by atoms with Crippen molar-refractivity contribution in [1.29, 1.82) is 0 Å². The molecule has 0 fully saturated rings. The number of hydrogen-bond acceptors (Lipinski definition) is 3. The number of aromatic nitrogens is 1. The van der Waals surface area contributed by atoms with Crippen LogP contribution >= 0.6 is 11.6 Å². The molecule has 5 heteroatoms. The van der Waals surface area contributed by atoms with Gasteiger partial charge in [0.1, 0.15) is 5.82 Å². The van der Waals surface area contributed by atoms with Gasteiger partial charge in [-0.2, -0.15) is 0 Å². The first-order valence-electron chi connectivity index (χ1n) is 7.75. The Labute approximate surface area is 132 Å². The van der Waals surface area contributed by atoms with Crippen molar-refractivity contribution in [3.8, 4) is 0 Å². The van der Waals surface area contributed by atoms with Crippen LogP contribution in [0.15, 0.2) is 12.3 Å². The van der Waals surface area contributed by atoms with Gasteiger partial charge < -0.3 is 10.2 Å². The van der Waals surface area contributed by atoms with Gasteiger partial charge >= 0.3 is 0 Å². The Morgan fingerprint density at radius 3 is 2.52 bits per heavy atom. The van der Waals surface area contributed by atoms with Gasteiger partial charge in [0.25, 0.3) is 5.91 Å². The van der Waals surface area contributed by atoms with Gasteiger partial charge in [-0.1, -0.05) is 38.3 Å². The maximum atomic E-state index is 12.7. The molecule has 0 aliphatic heterocycles. The molecule has 0 saturated heterocycles. The summed E-state index contributed by atoms with van der Waals surface area (Å²) < 4.78 is 0. The smallest absolute Gasteiger partial charge is 0.255 e. The van der Waals surface area contributed by atoms with Crippen molar-refractivity contribution in [2.75, 3.05) is 25.0 Å². The molecule has 0 atom stereocenters. The second-order valence-electron chi connectivity index (χ2n) is 5.11. The van der Waals surface area contributed by atoms with Gasteiger partial charge in [0.2, 0.25) is 0 Å². The molecule has 118 valence electrons. The number of pyridine rings is 1. The predicted octanol–water partition coefficient (Wildman–Crippen LogP) is 4.07. The molecule has 0 aliphatic rings. The maximum Gasteiger partial charge on any atom is 0.255 e. The topological polar surface area (TPSA) is 45.2 Å². The van der Waals surface area contributed by atoms with Gasteiger partial charge in [0, 0.05) is 25.8 Å². The molecule has 21 heavy (non-hydrogen) atoms. The standard InChI is InChI=1S/C16H26ClN3O/c1-5-12(6-2)11-20(8-4)16(21)13-9-15(18-7-3)19-10-14(13)17/h9-10,12H,5-8,11H2,1-4H3,(H,18,19). The van der Waals surface area contributed by atoms with Crippen LogP contribution in [0.5, 0.6) is 0 Å². The third-order valence-electron chi connectivity index (χ3n) is 3.75. The molecule has 1 amide bonds. The van der Waals surface area contributed by atoms with Crippen LogP contribution in [0.25, 0.3) is 0 Å². The van der Waals surface area contributed by atoms with E-state index in [2.05, 4.69) is 24.1 Å². The Morgan fingerprint density at radius 2 is 2.00 bits per heavy atom. The van der Waals surface area contributed by atoms with E-state index in [1.165, 1.54) is 6.20 Å². The highest BCUT2D eigenvalue weighted by molar-refractivity contribution is 6.33.